The lowest BCUT2D eigenvalue weighted by Gasteiger charge is -2.23. The topological polar surface area (TPSA) is 78.5 Å². The molecule has 6 heteroatoms. The van der Waals surface area contributed by atoms with Crippen LogP contribution in [0.2, 0.25) is 0 Å². The maximum absolute atomic E-state index is 12.4. The summed E-state index contributed by atoms with van der Waals surface area (Å²) < 4.78 is 0. The van der Waals surface area contributed by atoms with E-state index in [-0.39, 0.29) is 24.3 Å². The van der Waals surface area contributed by atoms with E-state index in [0.717, 1.165) is 10.5 Å². The van der Waals surface area contributed by atoms with E-state index in [2.05, 4.69) is 10.6 Å². The summed E-state index contributed by atoms with van der Waals surface area (Å²) >= 11 is 0. The minimum atomic E-state index is -0.926. The normalized spacial score (nSPS) is 20.8. The highest BCUT2D eigenvalue weighted by Gasteiger charge is 2.48. The molecule has 0 aliphatic carbocycles. The van der Waals surface area contributed by atoms with Crippen LogP contribution in [0.4, 0.5) is 4.79 Å². The third-order valence-corrected chi connectivity index (χ3v) is 3.80. The zero-order chi connectivity index (χ0) is 17.0. The molecule has 1 fully saturated rings. The third kappa shape index (κ3) is 4.09. The van der Waals surface area contributed by atoms with E-state index in [1.54, 1.807) is 6.92 Å². The van der Waals surface area contributed by atoms with Crippen molar-refractivity contribution in [1.29, 1.82) is 0 Å². The fourth-order valence-electron chi connectivity index (χ4n) is 2.84. The molecule has 6 nitrogen and oxygen atoms in total. The van der Waals surface area contributed by atoms with E-state index in [1.807, 2.05) is 44.2 Å². The highest BCUT2D eigenvalue weighted by atomic mass is 16.2. The molecule has 1 aromatic carbocycles. The summed E-state index contributed by atoms with van der Waals surface area (Å²) in [6.07, 6.45) is 0.541. The van der Waals surface area contributed by atoms with Gasteiger partial charge in [-0.05, 0) is 24.8 Å². The van der Waals surface area contributed by atoms with Gasteiger partial charge in [0.2, 0.25) is 5.91 Å². The Labute approximate surface area is 136 Å². The molecule has 1 saturated heterocycles. The van der Waals surface area contributed by atoms with Crippen molar-refractivity contribution in [2.24, 2.45) is 5.92 Å². The molecular formula is C17H23N3O3. The zero-order valence-corrected chi connectivity index (χ0v) is 13.8. The highest BCUT2D eigenvalue weighted by Crippen LogP contribution is 2.24. The number of hydrogen-bond acceptors (Lipinski definition) is 3. The number of amides is 4. The predicted octanol–water partition coefficient (Wildman–Crippen LogP) is 1.66. The van der Waals surface area contributed by atoms with Gasteiger partial charge in [-0.15, -0.1) is 0 Å². The summed E-state index contributed by atoms with van der Waals surface area (Å²) in [7, 11) is 0. The molecule has 23 heavy (non-hydrogen) atoms. The molecule has 1 unspecified atom stereocenters. The number of urea groups is 1. The first kappa shape index (κ1) is 17.0. The van der Waals surface area contributed by atoms with Gasteiger partial charge in [-0.2, -0.15) is 0 Å². The fraction of sp³-hybridized carbons (Fsp3) is 0.471. The molecule has 124 valence electrons. The van der Waals surface area contributed by atoms with Crippen molar-refractivity contribution < 1.29 is 14.4 Å². The van der Waals surface area contributed by atoms with E-state index in [4.69, 9.17) is 0 Å². The van der Waals surface area contributed by atoms with Crippen LogP contribution < -0.4 is 10.6 Å². The number of imide groups is 1. The van der Waals surface area contributed by atoms with Crippen LogP contribution in [0.15, 0.2) is 30.3 Å². The van der Waals surface area contributed by atoms with Crippen LogP contribution in [0.3, 0.4) is 0 Å². The zero-order valence-electron chi connectivity index (χ0n) is 13.8. The Bertz CT molecular complexity index is 600. The van der Waals surface area contributed by atoms with Crippen molar-refractivity contribution in [1.82, 2.24) is 15.5 Å². The molecule has 0 radical (unpaired) electrons. The SMILES string of the molecule is CC(C)CC1(C)NC(=O)N(CC(=O)NCc2ccccc2)C1=O. The Morgan fingerprint density at radius 3 is 2.52 bits per heavy atom. The van der Waals surface area contributed by atoms with Gasteiger partial charge >= 0.3 is 6.03 Å². The van der Waals surface area contributed by atoms with E-state index in [1.165, 1.54) is 0 Å². The predicted molar refractivity (Wildman–Crippen MR) is 86.4 cm³/mol. The van der Waals surface area contributed by atoms with Gasteiger partial charge in [-0.1, -0.05) is 44.2 Å². The molecule has 0 saturated carbocycles. The van der Waals surface area contributed by atoms with E-state index in [9.17, 15) is 14.4 Å². The van der Waals surface area contributed by atoms with Gasteiger partial charge in [0.25, 0.3) is 5.91 Å². The van der Waals surface area contributed by atoms with Gasteiger partial charge in [0, 0.05) is 6.54 Å². The Morgan fingerprint density at radius 2 is 1.91 bits per heavy atom. The van der Waals surface area contributed by atoms with Crippen LogP contribution in [-0.4, -0.2) is 34.8 Å². The summed E-state index contributed by atoms with van der Waals surface area (Å²) in [5.41, 5.74) is 0.0352. The molecule has 1 aliphatic rings. The molecule has 1 aliphatic heterocycles. The first-order valence-electron chi connectivity index (χ1n) is 7.76. The summed E-state index contributed by atoms with van der Waals surface area (Å²) in [6, 6.07) is 8.95. The van der Waals surface area contributed by atoms with E-state index >= 15 is 0 Å². The second kappa shape index (κ2) is 6.81. The number of benzene rings is 1. The Kier molecular flexibility index (Phi) is 5.03. The van der Waals surface area contributed by atoms with E-state index < -0.39 is 11.6 Å². The fourth-order valence-corrected chi connectivity index (χ4v) is 2.84. The van der Waals surface area contributed by atoms with Crippen molar-refractivity contribution in [3.8, 4) is 0 Å². The number of carbonyl (C=O) groups excluding carboxylic acids is 3. The van der Waals surface area contributed by atoms with Crippen molar-refractivity contribution in [2.45, 2.75) is 39.3 Å². The van der Waals surface area contributed by atoms with Crippen LogP contribution in [0, 0.1) is 5.92 Å². The molecular weight excluding hydrogens is 294 g/mol. The Balaban J connectivity index is 1.93. The molecule has 0 spiro atoms. The third-order valence-electron chi connectivity index (χ3n) is 3.80. The average Bonchev–Trinajstić information content (AvgIpc) is 2.68. The van der Waals surface area contributed by atoms with Crippen LogP contribution in [0.5, 0.6) is 0 Å². The molecule has 1 heterocycles. The largest absolute Gasteiger partial charge is 0.350 e. The number of carbonyl (C=O) groups is 3. The van der Waals surface area contributed by atoms with Gasteiger partial charge < -0.3 is 10.6 Å². The smallest absolute Gasteiger partial charge is 0.325 e. The monoisotopic (exact) mass is 317 g/mol. The number of hydrogen-bond donors (Lipinski definition) is 2. The first-order chi connectivity index (χ1) is 10.8. The standard InChI is InChI=1S/C17H23N3O3/c1-12(2)9-17(3)15(22)20(16(23)19-17)11-14(21)18-10-13-7-5-4-6-8-13/h4-8,12H,9-11H2,1-3H3,(H,18,21)(H,19,23). The molecule has 4 amide bonds. The van der Waals surface area contributed by atoms with Crippen molar-refractivity contribution in [2.75, 3.05) is 6.54 Å². The van der Waals surface area contributed by atoms with Gasteiger partial charge in [0.05, 0.1) is 0 Å². The minimum absolute atomic E-state index is 0.259. The molecule has 2 rings (SSSR count). The van der Waals surface area contributed by atoms with Crippen molar-refractivity contribution in [3.05, 3.63) is 35.9 Å². The second-order valence-electron chi connectivity index (χ2n) is 6.51. The maximum Gasteiger partial charge on any atom is 0.325 e. The quantitative estimate of drug-likeness (QED) is 0.783. The molecule has 1 atom stereocenters. The molecule has 0 bridgehead atoms. The average molecular weight is 317 g/mol. The Hall–Kier alpha value is -2.37. The molecule has 1 aromatic rings. The number of nitrogens with zero attached hydrogens (tertiary/aromatic N) is 1. The van der Waals surface area contributed by atoms with Crippen LogP contribution in [0.25, 0.3) is 0 Å². The lowest BCUT2D eigenvalue weighted by molar-refractivity contribution is -0.135. The van der Waals surface area contributed by atoms with Gasteiger partial charge in [-0.3, -0.25) is 14.5 Å². The Morgan fingerprint density at radius 1 is 1.26 bits per heavy atom. The lowest BCUT2D eigenvalue weighted by atomic mass is 9.91. The summed E-state index contributed by atoms with van der Waals surface area (Å²) in [4.78, 5) is 37.5. The van der Waals surface area contributed by atoms with Crippen LogP contribution in [0.1, 0.15) is 32.8 Å². The van der Waals surface area contributed by atoms with Crippen molar-refractivity contribution in [3.63, 3.8) is 0 Å². The summed E-state index contributed by atoms with van der Waals surface area (Å²) in [5, 5.41) is 5.42. The summed E-state index contributed by atoms with van der Waals surface area (Å²) in [6.45, 7) is 5.78. The second-order valence-corrected chi connectivity index (χ2v) is 6.51. The van der Waals surface area contributed by atoms with Gasteiger partial charge in [-0.25, -0.2) is 4.79 Å². The maximum atomic E-state index is 12.4. The number of rotatable bonds is 6. The molecule has 0 aromatic heterocycles. The number of nitrogens with one attached hydrogen (secondary N) is 2. The first-order valence-corrected chi connectivity index (χ1v) is 7.76. The van der Waals surface area contributed by atoms with Gasteiger partial charge in [0.15, 0.2) is 0 Å². The van der Waals surface area contributed by atoms with Gasteiger partial charge in [0.1, 0.15) is 12.1 Å². The van der Waals surface area contributed by atoms with Crippen molar-refractivity contribution >= 4 is 17.8 Å². The summed E-state index contributed by atoms with van der Waals surface area (Å²) in [5.74, 6) is -0.437. The highest BCUT2D eigenvalue weighted by molar-refractivity contribution is 6.08. The van der Waals surface area contributed by atoms with Crippen LogP contribution >= 0.6 is 0 Å². The minimum Gasteiger partial charge on any atom is -0.350 e. The van der Waals surface area contributed by atoms with Crippen LogP contribution in [-0.2, 0) is 16.1 Å². The van der Waals surface area contributed by atoms with E-state index in [0.29, 0.717) is 13.0 Å². The molecule has 2 N–H and O–H groups in total. The lowest BCUT2D eigenvalue weighted by Crippen LogP contribution is -2.46.